The summed E-state index contributed by atoms with van der Waals surface area (Å²) in [6.07, 6.45) is 1.05. The van der Waals surface area contributed by atoms with Gasteiger partial charge in [0.15, 0.2) is 0 Å². The Balaban J connectivity index is 2.05. The number of aromatic nitrogens is 1. The van der Waals surface area contributed by atoms with E-state index in [9.17, 15) is 4.79 Å². The molecule has 1 aromatic heterocycles. The monoisotopic (exact) mass is 320 g/mol. The molecule has 0 fully saturated rings. The van der Waals surface area contributed by atoms with Gasteiger partial charge in [-0.2, -0.15) is 0 Å². The molecule has 0 radical (unpaired) electrons. The highest BCUT2D eigenvalue weighted by atomic mass is 32.2. The standard InChI is InChI=1S/C16H20N2OS2/c1-4-12-5-7-13(8-6-12)16-18-11(2)14(21-16)9-20-10-15(19)17-3/h5-8H,4,9-10H2,1-3H3,(H,17,19). The van der Waals surface area contributed by atoms with Crippen molar-refractivity contribution in [3.05, 3.63) is 40.4 Å². The number of hydrogen-bond acceptors (Lipinski definition) is 4. The Bertz CT molecular complexity index is 605. The third kappa shape index (κ3) is 4.32. The van der Waals surface area contributed by atoms with E-state index in [0.29, 0.717) is 5.75 Å². The van der Waals surface area contributed by atoms with Crippen molar-refractivity contribution in [2.24, 2.45) is 0 Å². The highest BCUT2D eigenvalue weighted by Gasteiger charge is 2.10. The van der Waals surface area contributed by atoms with E-state index < -0.39 is 0 Å². The quantitative estimate of drug-likeness (QED) is 0.883. The third-order valence-electron chi connectivity index (χ3n) is 3.25. The molecule has 5 heteroatoms. The molecule has 0 aliphatic rings. The lowest BCUT2D eigenvalue weighted by molar-refractivity contribution is -0.118. The molecule has 0 unspecified atom stereocenters. The molecule has 1 aromatic carbocycles. The number of thioether (sulfide) groups is 1. The van der Waals surface area contributed by atoms with Crippen LogP contribution in [-0.2, 0) is 17.0 Å². The number of benzene rings is 1. The van der Waals surface area contributed by atoms with Crippen LogP contribution in [0.15, 0.2) is 24.3 Å². The summed E-state index contributed by atoms with van der Waals surface area (Å²) in [5, 5.41) is 3.70. The van der Waals surface area contributed by atoms with Crippen LogP contribution in [0.4, 0.5) is 0 Å². The summed E-state index contributed by atoms with van der Waals surface area (Å²) in [5.41, 5.74) is 3.58. The van der Waals surface area contributed by atoms with Gasteiger partial charge in [0, 0.05) is 23.2 Å². The first-order chi connectivity index (χ1) is 10.1. The highest BCUT2D eigenvalue weighted by Crippen LogP contribution is 2.30. The minimum atomic E-state index is 0.0672. The Morgan fingerprint density at radius 3 is 2.67 bits per heavy atom. The van der Waals surface area contributed by atoms with Gasteiger partial charge in [0.25, 0.3) is 0 Å². The summed E-state index contributed by atoms with van der Waals surface area (Å²) in [6.45, 7) is 4.19. The van der Waals surface area contributed by atoms with Crippen molar-refractivity contribution < 1.29 is 4.79 Å². The zero-order valence-corrected chi connectivity index (χ0v) is 14.2. The van der Waals surface area contributed by atoms with E-state index in [1.807, 2.05) is 6.92 Å². The maximum Gasteiger partial charge on any atom is 0.229 e. The molecular weight excluding hydrogens is 300 g/mol. The molecule has 0 bridgehead atoms. The fourth-order valence-corrected chi connectivity index (χ4v) is 4.05. The highest BCUT2D eigenvalue weighted by molar-refractivity contribution is 7.99. The molecule has 0 aliphatic carbocycles. The first-order valence-corrected chi connectivity index (χ1v) is 8.95. The molecule has 0 aliphatic heterocycles. The number of nitrogens with one attached hydrogen (secondary N) is 1. The Kier molecular flexibility index (Phi) is 5.82. The Labute approximate surface area is 134 Å². The van der Waals surface area contributed by atoms with Crippen LogP contribution >= 0.6 is 23.1 Å². The third-order valence-corrected chi connectivity index (χ3v) is 5.60. The first-order valence-electron chi connectivity index (χ1n) is 6.98. The number of hydrogen-bond donors (Lipinski definition) is 1. The largest absolute Gasteiger partial charge is 0.358 e. The number of rotatable bonds is 6. The molecule has 0 atom stereocenters. The summed E-state index contributed by atoms with van der Waals surface area (Å²) < 4.78 is 0. The average Bonchev–Trinajstić information content (AvgIpc) is 2.88. The van der Waals surface area contributed by atoms with Crippen molar-refractivity contribution in [2.45, 2.75) is 26.0 Å². The van der Waals surface area contributed by atoms with Crippen molar-refractivity contribution in [3.8, 4) is 10.6 Å². The van der Waals surface area contributed by atoms with Crippen LogP contribution in [0.3, 0.4) is 0 Å². The molecule has 2 rings (SSSR count). The number of thiazole rings is 1. The van der Waals surface area contributed by atoms with Crippen LogP contribution in [0.2, 0.25) is 0 Å². The molecule has 3 nitrogen and oxygen atoms in total. The van der Waals surface area contributed by atoms with Gasteiger partial charge in [-0.1, -0.05) is 31.2 Å². The van der Waals surface area contributed by atoms with Crippen molar-refractivity contribution in [1.29, 1.82) is 0 Å². The topological polar surface area (TPSA) is 42.0 Å². The molecule has 21 heavy (non-hydrogen) atoms. The van der Waals surface area contributed by atoms with Crippen LogP contribution in [-0.4, -0.2) is 23.7 Å². The van der Waals surface area contributed by atoms with Gasteiger partial charge in [0.05, 0.1) is 11.4 Å². The lowest BCUT2D eigenvalue weighted by Gasteiger charge is -1.99. The second kappa shape index (κ2) is 7.61. The maximum absolute atomic E-state index is 11.2. The number of carbonyl (C=O) groups excluding carboxylic acids is 1. The second-order valence-electron chi connectivity index (χ2n) is 4.74. The lowest BCUT2D eigenvalue weighted by Crippen LogP contribution is -2.19. The van der Waals surface area contributed by atoms with E-state index in [2.05, 4.69) is 41.5 Å². The van der Waals surface area contributed by atoms with Crippen LogP contribution in [0.1, 0.15) is 23.1 Å². The summed E-state index contributed by atoms with van der Waals surface area (Å²) in [6, 6.07) is 8.59. The normalized spacial score (nSPS) is 10.6. The van der Waals surface area contributed by atoms with Crippen LogP contribution in [0.5, 0.6) is 0 Å². The number of nitrogens with zero attached hydrogens (tertiary/aromatic N) is 1. The number of aryl methyl sites for hydroxylation is 2. The van der Waals surface area contributed by atoms with Gasteiger partial charge in [-0.15, -0.1) is 23.1 Å². The molecule has 0 spiro atoms. The summed E-state index contributed by atoms with van der Waals surface area (Å²) in [5.74, 6) is 1.40. The van der Waals surface area contributed by atoms with Crippen LogP contribution < -0.4 is 5.32 Å². The second-order valence-corrected chi connectivity index (χ2v) is 6.81. The van der Waals surface area contributed by atoms with Crippen LogP contribution in [0, 0.1) is 6.92 Å². The van der Waals surface area contributed by atoms with Gasteiger partial charge in [0.1, 0.15) is 5.01 Å². The van der Waals surface area contributed by atoms with Crippen molar-refractivity contribution in [2.75, 3.05) is 12.8 Å². The van der Waals surface area contributed by atoms with E-state index in [0.717, 1.165) is 22.9 Å². The van der Waals surface area contributed by atoms with Gasteiger partial charge in [-0.05, 0) is 18.9 Å². The summed E-state index contributed by atoms with van der Waals surface area (Å²) >= 11 is 3.35. The van der Waals surface area contributed by atoms with E-state index in [4.69, 9.17) is 0 Å². The smallest absolute Gasteiger partial charge is 0.229 e. The predicted molar refractivity (Wildman–Crippen MR) is 91.9 cm³/mol. The molecular formula is C16H20N2OS2. The Hall–Kier alpha value is -1.33. The van der Waals surface area contributed by atoms with Gasteiger partial charge >= 0.3 is 0 Å². The van der Waals surface area contributed by atoms with Crippen molar-refractivity contribution in [3.63, 3.8) is 0 Å². The van der Waals surface area contributed by atoms with E-state index in [-0.39, 0.29) is 5.91 Å². The number of amides is 1. The Morgan fingerprint density at radius 2 is 2.05 bits per heavy atom. The zero-order valence-electron chi connectivity index (χ0n) is 12.6. The van der Waals surface area contributed by atoms with E-state index >= 15 is 0 Å². The fraction of sp³-hybridized carbons (Fsp3) is 0.375. The van der Waals surface area contributed by atoms with E-state index in [1.54, 1.807) is 30.1 Å². The molecule has 0 saturated carbocycles. The minimum Gasteiger partial charge on any atom is -0.358 e. The average molecular weight is 320 g/mol. The SMILES string of the molecule is CCc1ccc(-c2nc(C)c(CSCC(=O)NC)s2)cc1. The molecule has 1 heterocycles. The summed E-state index contributed by atoms with van der Waals surface area (Å²) in [4.78, 5) is 17.1. The maximum atomic E-state index is 11.2. The fourth-order valence-electron chi connectivity index (χ4n) is 1.88. The molecule has 0 saturated heterocycles. The van der Waals surface area contributed by atoms with E-state index in [1.165, 1.54) is 16.0 Å². The summed E-state index contributed by atoms with van der Waals surface area (Å²) in [7, 11) is 1.67. The van der Waals surface area contributed by atoms with Crippen molar-refractivity contribution in [1.82, 2.24) is 10.3 Å². The van der Waals surface area contributed by atoms with Gasteiger partial charge in [-0.3, -0.25) is 4.79 Å². The van der Waals surface area contributed by atoms with Gasteiger partial charge in [0.2, 0.25) is 5.91 Å². The zero-order chi connectivity index (χ0) is 15.2. The van der Waals surface area contributed by atoms with Gasteiger partial charge < -0.3 is 5.32 Å². The minimum absolute atomic E-state index is 0.0672. The van der Waals surface area contributed by atoms with Crippen molar-refractivity contribution >= 4 is 29.0 Å². The molecule has 2 aromatic rings. The lowest BCUT2D eigenvalue weighted by atomic mass is 10.1. The van der Waals surface area contributed by atoms with Gasteiger partial charge in [-0.25, -0.2) is 4.98 Å². The van der Waals surface area contributed by atoms with Crippen LogP contribution in [0.25, 0.3) is 10.6 Å². The molecule has 1 N–H and O–H groups in total. The molecule has 1 amide bonds. The number of carbonyl (C=O) groups is 1. The molecule has 112 valence electrons. The first kappa shape index (κ1) is 16.0. The Morgan fingerprint density at radius 1 is 1.33 bits per heavy atom. The predicted octanol–water partition coefficient (Wildman–Crippen LogP) is 3.66.